The molecule has 2 aliphatic heterocycles. The third-order valence-electron chi connectivity index (χ3n) is 3.81. The van der Waals surface area contributed by atoms with E-state index >= 15 is 0 Å². The summed E-state index contributed by atoms with van der Waals surface area (Å²) in [7, 11) is 0. The quantitative estimate of drug-likeness (QED) is 0.779. The topological polar surface area (TPSA) is 39.5 Å². The standard InChI is InChI=1S/C14H17N3O/c15-9-12-1-3-13(4-2-12)16-5-7-17(8-6-16)14-10-18-11-14/h1-4,14H,5-8,10-11H2. The largest absolute Gasteiger partial charge is 0.378 e. The van der Waals surface area contributed by atoms with E-state index in [9.17, 15) is 0 Å². The minimum Gasteiger partial charge on any atom is -0.378 e. The van der Waals surface area contributed by atoms with Crippen molar-refractivity contribution in [1.29, 1.82) is 5.26 Å². The van der Waals surface area contributed by atoms with Crippen molar-refractivity contribution in [3.8, 4) is 6.07 Å². The molecule has 0 spiro atoms. The second-order valence-corrected chi connectivity index (χ2v) is 4.87. The van der Waals surface area contributed by atoms with Crippen LogP contribution in [0.3, 0.4) is 0 Å². The molecule has 2 heterocycles. The normalized spacial score (nSPS) is 21.4. The van der Waals surface area contributed by atoms with Crippen molar-refractivity contribution in [3.63, 3.8) is 0 Å². The highest BCUT2D eigenvalue weighted by Gasteiger charge is 2.28. The van der Waals surface area contributed by atoms with Crippen molar-refractivity contribution in [2.45, 2.75) is 6.04 Å². The summed E-state index contributed by atoms with van der Waals surface area (Å²) >= 11 is 0. The zero-order valence-corrected chi connectivity index (χ0v) is 10.4. The fourth-order valence-corrected chi connectivity index (χ4v) is 2.53. The van der Waals surface area contributed by atoms with E-state index in [1.54, 1.807) is 0 Å². The Labute approximate surface area is 107 Å². The molecule has 18 heavy (non-hydrogen) atoms. The first-order chi connectivity index (χ1) is 8.86. The van der Waals surface area contributed by atoms with Crippen LogP contribution in [0.1, 0.15) is 5.56 Å². The number of benzene rings is 1. The van der Waals surface area contributed by atoms with E-state index in [4.69, 9.17) is 10.00 Å². The Kier molecular flexibility index (Phi) is 3.18. The Balaban J connectivity index is 1.59. The molecular weight excluding hydrogens is 226 g/mol. The molecule has 3 rings (SSSR count). The number of piperazine rings is 1. The molecule has 94 valence electrons. The first-order valence-corrected chi connectivity index (χ1v) is 6.44. The van der Waals surface area contributed by atoms with Crippen LogP contribution in [0.2, 0.25) is 0 Å². The first kappa shape index (κ1) is 11.5. The van der Waals surface area contributed by atoms with Gasteiger partial charge in [0.15, 0.2) is 0 Å². The number of nitrogens with zero attached hydrogens (tertiary/aromatic N) is 3. The summed E-state index contributed by atoms with van der Waals surface area (Å²) in [5, 5.41) is 8.79. The fraction of sp³-hybridized carbons (Fsp3) is 0.500. The molecule has 2 saturated heterocycles. The van der Waals surface area contributed by atoms with E-state index in [1.807, 2.05) is 24.3 Å². The Hall–Kier alpha value is -1.57. The minimum atomic E-state index is 0.646. The van der Waals surface area contributed by atoms with Crippen LogP contribution in [0.4, 0.5) is 5.69 Å². The lowest BCUT2D eigenvalue weighted by Crippen LogP contribution is -2.56. The second-order valence-electron chi connectivity index (χ2n) is 4.87. The van der Waals surface area contributed by atoms with Crippen molar-refractivity contribution in [1.82, 2.24) is 4.90 Å². The number of ether oxygens (including phenoxy) is 1. The zero-order valence-electron chi connectivity index (χ0n) is 10.4. The maximum absolute atomic E-state index is 8.79. The molecule has 0 bridgehead atoms. The minimum absolute atomic E-state index is 0.646. The van der Waals surface area contributed by atoms with Crippen molar-refractivity contribution < 1.29 is 4.74 Å². The van der Waals surface area contributed by atoms with Gasteiger partial charge in [-0.15, -0.1) is 0 Å². The van der Waals surface area contributed by atoms with Crippen molar-refractivity contribution in [3.05, 3.63) is 29.8 Å². The van der Waals surface area contributed by atoms with Crippen LogP contribution in [-0.4, -0.2) is 50.3 Å². The Morgan fingerprint density at radius 1 is 1.06 bits per heavy atom. The van der Waals surface area contributed by atoms with Gasteiger partial charge in [-0.25, -0.2) is 0 Å². The van der Waals surface area contributed by atoms with Gasteiger partial charge in [0.2, 0.25) is 0 Å². The Morgan fingerprint density at radius 2 is 1.72 bits per heavy atom. The van der Waals surface area contributed by atoms with Gasteiger partial charge < -0.3 is 9.64 Å². The predicted octanol–water partition coefficient (Wildman–Crippen LogP) is 1.08. The molecule has 1 aromatic rings. The van der Waals surface area contributed by atoms with Crippen LogP contribution in [-0.2, 0) is 4.74 Å². The SMILES string of the molecule is N#Cc1ccc(N2CCN(C3COC3)CC2)cc1. The third-order valence-corrected chi connectivity index (χ3v) is 3.81. The van der Waals surface area contributed by atoms with Crippen molar-refractivity contribution in [2.75, 3.05) is 44.3 Å². The fourth-order valence-electron chi connectivity index (χ4n) is 2.53. The van der Waals surface area contributed by atoms with Crippen LogP contribution in [0.5, 0.6) is 0 Å². The molecule has 0 N–H and O–H groups in total. The summed E-state index contributed by atoms with van der Waals surface area (Å²) in [6.07, 6.45) is 0. The molecular formula is C14H17N3O. The molecule has 0 unspecified atom stereocenters. The maximum atomic E-state index is 8.79. The number of nitriles is 1. The number of anilines is 1. The molecule has 1 aromatic carbocycles. The van der Waals surface area contributed by atoms with Gasteiger partial charge >= 0.3 is 0 Å². The van der Waals surface area contributed by atoms with E-state index in [2.05, 4.69) is 15.9 Å². The van der Waals surface area contributed by atoms with Crippen LogP contribution >= 0.6 is 0 Å². The lowest BCUT2D eigenvalue weighted by Gasteiger charge is -2.43. The van der Waals surface area contributed by atoms with Gasteiger partial charge in [-0.2, -0.15) is 5.26 Å². The molecule has 2 aliphatic rings. The maximum Gasteiger partial charge on any atom is 0.0991 e. The van der Waals surface area contributed by atoms with E-state index in [1.165, 1.54) is 5.69 Å². The van der Waals surface area contributed by atoms with Gasteiger partial charge in [0, 0.05) is 31.9 Å². The van der Waals surface area contributed by atoms with Crippen LogP contribution in [0.25, 0.3) is 0 Å². The van der Waals surface area contributed by atoms with E-state index in [-0.39, 0.29) is 0 Å². The number of hydrogen-bond donors (Lipinski definition) is 0. The predicted molar refractivity (Wildman–Crippen MR) is 69.6 cm³/mol. The third kappa shape index (κ3) is 2.20. The highest BCUT2D eigenvalue weighted by atomic mass is 16.5. The van der Waals surface area contributed by atoms with E-state index in [0.717, 1.165) is 45.0 Å². The average Bonchev–Trinajstić information content (AvgIpc) is 2.38. The zero-order chi connectivity index (χ0) is 12.4. The van der Waals surface area contributed by atoms with Crippen LogP contribution < -0.4 is 4.90 Å². The summed E-state index contributed by atoms with van der Waals surface area (Å²) in [4.78, 5) is 4.90. The molecule has 0 aliphatic carbocycles. The Bertz CT molecular complexity index is 439. The van der Waals surface area contributed by atoms with Crippen molar-refractivity contribution >= 4 is 5.69 Å². The lowest BCUT2D eigenvalue weighted by molar-refractivity contribution is -0.0660. The van der Waals surface area contributed by atoms with E-state index < -0.39 is 0 Å². The summed E-state index contributed by atoms with van der Waals surface area (Å²) < 4.78 is 5.24. The molecule has 4 heteroatoms. The smallest absolute Gasteiger partial charge is 0.0991 e. The molecule has 0 radical (unpaired) electrons. The molecule has 2 fully saturated rings. The monoisotopic (exact) mass is 243 g/mol. The highest BCUT2D eigenvalue weighted by molar-refractivity contribution is 5.50. The summed E-state index contributed by atoms with van der Waals surface area (Å²) in [6.45, 7) is 6.13. The summed E-state index contributed by atoms with van der Waals surface area (Å²) in [6, 6.07) is 10.7. The van der Waals surface area contributed by atoms with Gasteiger partial charge in [0.05, 0.1) is 30.9 Å². The van der Waals surface area contributed by atoms with Gasteiger partial charge in [-0.1, -0.05) is 0 Å². The van der Waals surface area contributed by atoms with Crippen molar-refractivity contribution in [2.24, 2.45) is 0 Å². The molecule has 0 atom stereocenters. The van der Waals surface area contributed by atoms with Gasteiger partial charge in [0.25, 0.3) is 0 Å². The molecule has 0 amide bonds. The molecule has 0 saturated carbocycles. The van der Waals surface area contributed by atoms with E-state index in [0.29, 0.717) is 6.04 Å². The van der Waals surface area contributed by atoms with Crippen LogP contribution in [0.15, 0.2) is 24.3 Å². The number of hydrogen-bond acceptors (Lipinski definition) is 4. The van der Waals surface area contributed by atoms with Gasteiger partial charge in [-0.05, 0) is 24.3 Å². The summed E-state index contributed by atoms with van der Waals surface area (Å²) in [5.41, 5.74) is 1.95. The first-order valence-electron chi connectivity index (χ1n) is 6.44. The molecule has 4 nitrogen and oxygen atoms in total. The summed E-state index contributed by atoms with van der Waals surface area (Å²) in [5.74, 6) is 0. The second kappa shape index (κ2) is 4.97. The van der Waals surface area contributed by atoms with Gasteiger partial charge in [-0.3, -0.25) is 4.90 Å². The number of rotatable bonds is 2. The Morgan fingerprint density at radius 3 is 2.22 bits per heavy atom. The highest BCUT2D eigenvalue weighted by Crippen LogP contribution is 2.19. The molecule has 0 aromatic heterocycles. The lowest BCUT2D eigenvalue weighted by atomic mass is 10.1. The van der Waals surface area contributed by atoms with Gasteiger partial charge in [0.1, 0.15) is 0 Å². The van der Waals surface area contributed by atoms with Crippen LogP contribution in [0, 0.1) is 11.3 Å². The average molecular weight is 243 g/mol.